The van der Waals surface area contributed by atoms with E-state index in [9.17, 15) is 13.6 Å². The lowest BCUT2D eigenvalue weighted by atomic mass is 10.1. The number of rotatable bonds is 6. The molecule has 1 atom stereocenters. The highest BCUT2D eigenvalue weighted by molar-refractivity contribution is 5.97. The van der Waals surface area contributed by atoms with Crippen molar-refractivity contribution < 1.29 is 22.8 Å². The van der Waals surface area contributed by atoms with Crippen LogP contribution in [0.5, 0.6) is 5.75 Å². The van der Waals surface area contributed by atoms with Crippen LogP contribution in [0.2, 0.25) is 0 Å². The van der Waals surface area contributed by atoms with Crippen LogP contribution in [0.1, 0.15) is 6.92 Å². The van der Waals surface area contributed by atoms with E-state index in [2.05, 4.69) is 15.5 Å². The molecular formula is C23H17F2N3O3. The highest BCUT2D eigenvalue weighted by Crippen LogP contribution is 2.29. The van der Waals surface area contributed by atoms with E-state index >= 15 is 0 Å². The number of ether oxygens (including phenoxy) is 1. The molecule has 8 heteroatoms. The van der Waals surface area contributed by atoms with Gasteiger partial charge in [0, 0.05) is 5.56 Å². The number of carbonyl (C=O) groups is 1. The molecule has 0 bridgehead atoms. The van der Waals surface area contributed by atoms with Crippen LogP contribution >= 0.6 is 0 Å². The molecule has 156 valence electrons. The summed E-state index contributed by atoms with van der Waals surface area (Å²) < 4.78 is 37.1. The number of nitrogens with one attached hydrogen (secondary N) is 1. The smallest absolute Gasteiger partial charge is 0.265 e. The molecule has 0 saturated carbocycles. The Balaban J connectivity index is 1.51. The van der Waals surface area contributed by atoms with Crippen molar-refractivity contribution in [2.24, 2.45) is 0 Å². The minimum Gasteiger partial charge on any atom is -0.481 e. The van der Waals surface area contributed by atoms with Gasteiger partial charge >= 0.3 is 0 Å². The van der Waals surface area contributed by atoms with E-state index in [0.29, 0.717) is 28.4 Å². The van der Waals surface area contributed by atoms with Crippen molar-refractivity contribution >= 4 is 11.6 Å². The van der Waals surface area contributed by atoms with Gasteiger partial charge in [-0.05, 0) is 67.6 Å². The Kier molecular flexibility index (Phi) is 5.70. The zero-order chi connectivity index (χ0) is 21.8. The Morgan fingerprint density at radius 3 is 2.32 bits per heavy atom. The summed E-state index contributed by atoms with van der Waals surface area (Å²) in [7, 11) is 0. The van der Waals surface area contributed by atoms with Gasteiger partial charge in [-0.2, -0.15) is 4.98 Å². The Bertz CT molecular complexity index is 1190. The monoisotopic (exact) mass is 421 g/mol. The molecule has 4 rings (SSSR count). The topological polar surface area (TPSA) is 77.2 Å². The number of hydrogen-bond acceptors (Lipinski definition) is 5. The molecule has 0 aliphatic rings. The number of halogens is 2. The third-order valence-corrected chi connectivity index (χ3v) is 4.44. The van der Waals surface area contributed by atoms with Crippen molar-refractivity contribution in [1.29, 1.82) is 0 Å². The zero-order valence-corrected chi connectivity index (χ0v) is 16.4. The van der Waals surface area contributed by atoms with E-state index < -0.39 is 17.8 Å². The van der Waals surface area contributed by atoms with Crippen LogP contribution < -0.4 is 10.1 Å². The Morgan fingerprint density at radius 1 is 0.968 bits per heavy atom. The maximum atomic E-state index is 13.1. The van der Waals surface area contributed by atoms with Crippen LogP contribution in [0, 0.1) is 11.6 Å². The first-order chi connectivity index (χ1) is 15.0. The Labute approximate surface area is 176 Å². The van der Waals surface area contributed by atoms with Gasteiger partial charge in [0.2, 0.25) is 5.82 Å². The summed E-state index contributed by atoms with van der Waals surface area (Å²) in [6.45, 7) is 1.58. The Hall–Kier alpha value is -4.07. The summed E-state index contributed by atoms with van der Waals surface area (Å²) in [5.74, 6) is -0.296. The van der Waals surface area contributed by atoms with Gasteiger partial charge in [0.25, 0.3) is 11.8 Å². The normalized spacial score (nSPS) is 11.7. The number of nitrogens with zero attached hydrogens (tertiary/aromatic N) is 2. The van der Waals surface area contributed by atoms with E-state index in [0.717, 1.165) is 0 Å². The molecule has 3 aromatic carbocycles. The van der Waals surface area contributed by atoms with Crippen molar-refractivity contribution in [1.82, 2.24) is 10.1 Å². The molecule has 0 aliphatic carbocycles. The number of carbonyl (C=O) groups excluding carboxylic acids is 1. The molecule has 0 unspecified atom stereocenters. The summed E-state index contributed by atoms with van der Waals surface area (Å²) in [6.07, 6.45) is -0.837. The standard InChI is InChI=1S/C23H17F2N3O3/c1-14(30-18-12-10-17(25)11-13-18)22(29)26-20-5-3-2-4-19(20)23-27-21(28-31-23)15-6-8-16(24)9-7-15/h2-14H,1H3,(H,26,29)/t14-/m0/s1. The van der Waals surface area contributed by atoms with Crippen molar-refractivity contribution in [3.8, 4) is 28.6 Å². The molecule has 0 fully saturated rings. The maximum absolute atomic E-state index is 13.1. The average molecular weight is 421 g/mol. The average Bonchev–Trinajstić information content (AvgIpc) is 3.26. The van der Waals surface area contributed by atoms with Crippen molar-refractivity contribution in [3.05, 3.63) is 84.4 Å². The first kappa shape index (κ1) is 20.2. The van der Waals surface area contributed by atoms with Crippen LogP contribution in [0.3, 0.4) is 0 Å². The van der Waals surface area contributed by atoms with E-state index in [-0.39, 0.29) is 11.7 Å². The third kappa shape index (κ3) is 4.75. The lowest BCUT2D eigenvalue weighted by molar-refractivity contribution is -0.122. The Morgan fingerprint density at radius 2 is 1.61 bits per heavy atom. The highest BCUT2D eigenvalue weighted by atomic mass is 19.1. The number of aromatic nitrogens is 2. The van der Waals surface area contributed by atoms with Crippen LogP contribution in [0.15, 0.2) is 77.3 Å². The van der Waals surface area contributed by atoms with E-state index in [1.54, 1.807) is 43.3 Å². The first-order valence-electron chi connectivity index (χ1n) is 9.42. The lowest BCUT2D eigenvalue weighted by Gasteiger charge is -2.15. The maximum Gasteiger partial charge on any atom is 0.265 e. The molecule has 6 nitrogen and oxygen atoms in total. The quantitative estimate of drug-likeness (QED) is 0.469. The van der Waals surface area contributed by atoms with Crippen LogP contribution in [0.25, 0.3) is 22.8 Å². The van der Waals surface area contributed by atoms with Crippen molar-refractivity contribution in [2.45, 2.75) is 13.0 Å². The fourth-order valence-electron chi connectivity index (χ4n) is 2.83. The van der Waals surface area contributed by atoms with Crippen LogP contribution in [0.4, 0.5) is 14.5 Å². The second kappa shape index (κ2) is 8.74. The molecular weight excluding hydrogens is 404 g/mol. The number of hydrogen-bond donors (Lipinski definition) is 1. The van der Waals surface area contributed by atoms with Gasteiger partial charge in [-0.3, -0.25) is 4.79 Å². The number of anilines is 1. The van der Waals surface area contributed by atoms with Gasteiger partial charge in [-0.25, -0.2) is 8.78 Å². The van der Waals surface area contributed by atoms with Crippen molar-refractivity contribution in [2.75, 3.05) is 5.32 Å². The van der Waals surface area contributed by atoms with Crippen LogP contribution in [-0.4, -0.2) is 22.2 Å². The molecule has 1 aromatic heterocycles. The molecule has 4 aromatic rings. The van der Waals surface area contributed by atoms with Gasteiger partial charge in [0.1, 0.15) is 17.4 Å². The van der Waals surface area contributed by atoms with Gasteiger partial charge in [-0.1, -0.05) is 17.3 Å². The summed E-state index contributed by atoms with van der Waals surface area (Å²) >= 11 is 0. The molecule has 31 heavy (non-hydrogen) atoms. The predicted octanol–water partition coefficient (Wildman–Crippen LogP) is 5.09. The molecule has 0 saturated heterocycles. The summed E-state index contributed by atoms with van der Waals surface area (Å²) in [4.78, 5) is 17.0. The van der Waals surface area contributed by atoms with Crippen molar-refractivity contribution in [3.63, 3.8) is 0 Å². The molecule has 0 aliphatic heterocycles. The molecule has 1 N–H and O–H groups in total. The van der Waals surface area contributed by atoms with E-state index in [4.69, 9.17) is 9.26 Å². The fourth-order valence-corrected chi connectivity index (χ4v) is 2.83. The number of benzene rings is 3. The highest BCUT2D eigenvalue weighted by Gasteiger charge is 2.19. The third-order valence-electron chi connectivity index (χ3n) is 4.44. The lowest BCUT2D eigenvalue weighted by Crippen LogP contribution is -2.30. The van der Waals surface area contributed by atoms with Gasteiger partial charge in [-0.15, -0.1) is 0 Å². The van der Waals surface area contributed by atoms with Gasteiger partial charge in [0.15, 0.2) is 6.10 Å². The number of para-hydroxylation sites is 1. The number of amides is 1. The fraction of sp³-hybridized carbons (Fsp3) is 0.0870. The largest absolute Gasteiger partial charge is 0.481 e. The second-order valence-corrected chi connectivity index (χ2v) is 6.68. The summed E-state index contributed by atoms with van der Waals surface area (Å²) in [5, 5.41) is 6.72. The minimum atomic E-state index is -0.837. The second-order valence-electron chi connectivity index (χ2n) is 6.68. The predicted molar refractivity (Wildman–Crippen MR) is 110 cm³/mol. The van der Waals surface area contributed by atoms with E-state index in [1.807, 2.05) is 0 Å². The molecule has 1 heterocycles. The minimum absolute atomic E-state index is 0.197. The van der Waals surface area contributed by atoms with Crippen LogP contribution in [-0.2, 0) is 4.79 Å². The van der Waals surface area contributed by atoms with Gasteiger partial charge in [0.05, 0.1) is 11.3 Å². The molecule has 1 amide bonds. The van der Waals surface area contributed by atoms with Gasteiger partial charge < -0.3 is 14.6 Å². The molecule has 0 radical (unpaired) electrons. The summed E-state index contributed by atoms with van der Waals surface area (Å²) in [5.41, 5.74) is 1.57. The first-order valence-corrected chi connectivity index (χ1v) is 9.42. The SMILES string of the molecule is C[C@H](Oc1ccc(F)cc1)C(=O)Nc1ccccc1-c1nc(-c2ccc(F)cc2)no1. The molecule has 0 spiro atoms. The zero-order valence-electron chi connectivity index (χ0n) is 16.4. The van der Waals surface area contributed by atoms with E-state index in [1.165, 1.54) is 36.4 Å². The summed E-state index contributed by atoms with van der Waals surface area (Å²) in [6, 6.07) is 18.1.